The summed E-state index contributed by atoms with van der Waals surface area (Å²) in [5.41, 5.74) is 7.99. The van der Waals surface area contributed by atoms with Crippen LogP contribution in [0.2, 0.25) is 0 Å². The maximum atomic E-state index is 5.76. The van der Waals surface area contributed by atoms with Crippen LogP contribution in [0, 0.1) is 13.8 Å². The van der Waals surface area contributed by atoms with E-state index in [4.69, 9.17) is 10.6 Å². The van der Waals surface area contributed by atoms with Crippen LogP contribution in [-0.2, 0) is 6.42 Å². The monoisotopic (exact) mass is 284 g/mol. The highest BCUT2D eigenvalue weighted by Crippen LogP contribution is 2.23. The first-order chi connectivity index (χ1) is 10.1. The van der Waals surface area contributed by atoms with Gasteiger partial charge in [0, 0.05) is 6.04 Å². The fraction of sp³-hybridized carbons (Fsp3) is 0.333. The first-order valence-electron chi connectivity index (χ1n) is 7.39. The molecule has 3 N–H and O–H groups in total. The molecule has 1 atom stereocenters. The van der Waals surface area contributed by atoms with Gasteiger partial charge in [-0.05, 0) is 56.0 Å². The lowest BCUT2D eigenvalue weighted by atomic mass is 9.95. The van der Waals surface area contributed by atoms with Crippen molar-refractivity contribution in [2.45, 2.75) is 33.2 Å². The Morgan fingerprint density at radius 1 is 1.10 bits per heavy atom. The van der Waals surface area contributed by atoms with Crippen LogP contribution in [-0.4, -0.2) is 6.61 Å². The molecule has 2 aromatic carbocycles. The molecule has 2 rings (SSSR count). The summed E-state index contributed by atoms with van der Waals surface area (Å²) in [6, 6.07) is 14.8. The molecule has 2 aromatic rings. The van der Waals surface area contributed by atoms with Gasteiger partial charge < -0.3 is 4.74 Å². The molecule has 0 aromatic heterocycles. The molecular weight excluding hydrogens is 260 g/mol. The summed E-state index contributed by atoms with van der Waals surface area (Å²) in [7, 11) is 0. The molecule has 0 heterocycles. The molecular formula is C18H24N2O. The van der Waals surface area contributed by atoms with Crippen molar-refractivity contribution in [3.05, 3.63) is 64.7 Å². The number of rotatable bonds is 6. The van der Waals surface area contributed by atoms with Crippen LogP contribution < -0.4 is 16.0 Å². The van der Waals surface area contributed by atoms with E-state index in [2.05, 4.69) is 49.6 Å². The van der Waals surface area contributed by atoms with Crippen LogP contribution in [0.15, 0.2) is 42.5 Å². The third-order valence-corrected chi connectivity index (χ3v) is 3.72. The Bertz CT molecular complexity index is 578. The van der Waals surface area contributed by atoms with Gasteiger partial charge in [0.2, 0.25) is 0 Å². The molecule has 0 aliphatic rings. The fourth-order valence-electron chi connectivity index (χ4n) is 2.48. The number of hydrazine groups is 1. The predicted octanol–water partition coefficient (Wildman–Crippen LogP) is 3.45. The van der Waals surface area contributed by atoms with Crippen molar-refractivity contribution < 1.29 is 4.74 Å². The largest absolute Gasteiger partial charge is 0.494 e. The Kier molecular flexibility index (Phi) is 5.37. The minimum Gasteiger partial charge on any atom is -0.494 e. The SMILES string of the molecule is CCOc1ccc(C(Cc2cc(C)ccc2C)NN)cc1. The molecule has 0 fully saturated rings. The van der Waals surface area contributed by atoms with Gasteiger partial charge in [-0.2, -0.15) is 0 Å². The Morgan fingerprint density at radius 2 is 1.81 bits per heavy atom. The molecule has 0 saturated carbocycles. The molecule has 0 radical (unpaired) electrons. The maximum Gasteiger partial charge on any atom is 0.119 e. The van der Waals surface area contributed by atoms with Crippen molar-refractivity contribution in [2.75, 3.05) is 6.61 Å². The number of benzene rings is 2. The van der Waals surface area contributed by atoms with Crippen molar-refractivity contribution >= 4 is 0 Å². The minimum absolute atomic E-state index is 0.0983. The van der Waals surface area contributed by atoms with Gasteiger partial charge >= 0.3 is 0 Å². The van der Waals surface area contributed by atoms with Crippen LogP contribution in [0.5, 0.6) is 5.75 Å². The predicted molar refractivity (Wildman–Crippen MR) is 87.3 cm³/mol. The maximum absolute atomic E-state index is 5.76. The van der Waals surface area contributed by atoms with E-state index in [9.17, 15) is 0 Å². The summed E-state index contributed by atoms with van der Waals surface area (Å²) in [6.07, 6.45) is 0.873. The topological polar surface area (TPSA) is 47.3 Å². The molecule has 0 aliphatic carbocycles. The summed E-state index contributed by atoms with van der Waals surface area (Å²) >= 11 is 0. The first-order valence-corrected chi connectivity index (χ1v) is 7.39. The van der Waals surface area contributed by atoms with E-state index < -0.39 is 0 Å². The first kappa shape index (κ1) is 15.5. The van der Waals surface area contributed by atoms with Gasteiger partial charge in [-0.15, -0.1) is 0 Å². The average Bonchev–Trinajstić information content (AvgIpc) is 2.49. The molecule has 0 saturated heterocycles. The lowest BCUT2D eigenvalue weighted by Gasteiger charge is -2.18. The number of ether oxygens (including phenoxy) is 1. The van der Waals surface area contributed by atoms with Crippen molar-refractivity contribution in [1.29, 1.82) is 0 Å². The van der Waals surface area contributed by atoms with Crippen LogP contribution in [0.25, 0.3) is 0 Å². The second kappa shape index (κ2) is 7.25. The van der Waals surface area contributed by atoms with Crippen LogP contribution in [0.4, 0.5) is 0 Å². The highest BCUT2D eigenvalue weighted by molar-refractivity contribution is 5.34. The Hall–Kier alpha value is -1.84. The van der Waals surface area contributed by atoms with Gasteiger partial charge in [0.05, 0.1) is 6.61 Å². The van der Waals surface area contributed by atoms with Gasteiger partial charge in [-0.25, -0.2) is 0 Å². The lowest BCUT2D eigenvalue weighted by molar-refractivity contribution is 0.340. The summed E-state index contributed by atoms with van der Waals surface area (Å²) in [6.45, 7) is 6.92. The highest BCUT2D eigenvalue weighted by atomic mass is 16.5. The van der Waals surface area contributed by atoms with Crippen molar-refractivity contribution in [1.82, 2.24) is 5.43 Å². The summed E-state index contributed by atoms with van der Waals surface area (Å²) in [5.74, 6) is 6.65. The molecule has 21 heavy (non-hydrogen) atoms. The number of hydrogen-bond donors (Lipinski definition) is 2. The Labute approximate surface area is 127 Å². The summed E-state index contributed by atoms with van der Waals surface area (Å²) < 4.78 is 5.48. The highest BCUT2D eigenvalue weighted by Gasteiger charge is 2.12. The zero-order valence-corrected chi connectivity index (χ0v) is 13.0. The molecule has 3 nitrogen and oxygen atoms in total. The second-order valence-electron chi connectivity index (χ2n) is 5.36. The van der Waals surface area contributed by atoms with Gasteiger partial charge in [0.15, 0.2) is 0 Å². The molecule has 0 aliphatic heterocycles. The van der Waals surface area contributed by atoms with E-state index in [-0.39, 0.29) is 6.04 Å². The van der Waals surface area contributed by atoms with E-state index in [1.165, 1.54) is 22.3 Å². The molecule has 112 valence electrons. The quantitative estimate of drug-likeness (QED) is 0.631. The summed E-state index contributed by atoms with van der Waals surface area (Å²) in [4.78, 5) is 0. The van der Waals surface area contributed by atoms with E-state index in [1.54, 1.807) is 0 Å². The number of nitrogens with one attached hydrogen (secondary N) is 1. The third kappa shape index (κ3) is 4.06. The molecule has 0 spiro atoms. The summed E-state index contributed by atoms with van der Waals surface area (Å²) in [5, 5.41) is 0. The van der Waals surface area contributed by atoms with Gasteiger partial charge in [-0.1, -0.05) is 35.9 Å². The van der Waals surface area contributed by atoms with Crippen LogP contribution >= 0.6 is 0 Å². The molecule has 0 amide bonds. The zero-order valence-electron chi connectivity index (χ0n) is 13.0. The van der Waals surface area contributed by atoms with E-state index in [0.717, 1.165) is 12.2 Å². The van der Waals surface area contributed by atoms with Crippen molar-refractivity contribution in [3.8, 4) is 5.75 Å². The second-order valence-corrected chi connectivity index (χ2v) is 5.36. The minimum atomic E-state index is 0.0983. The van der Waals surface area contributed by atoms with Gasteiger partial charge in [0.1, 0.15) is 5.75 Å². The van der Waals surface area contributed by atoms with Gasteiger partial charge in [0.25, 0.3) is 0 Å². The van der Waals surface area contributed by atoms with E-state index in [1.807, 2.05) is 19.1 Å². The van der Waals surface area contributed by atoms with Crippen LogP contribution in [0.3, 0.4) is 0 Å². The third-order valence-electron chi connectivity index (χ3n) is 3.72. The standard InChI is InChI=1S/C18H24N2O/c1-4-21-17-9-7-15(8-10-17)18(20-19)12-16-11-13(2)5-6-14(16)3/h5-11,18,20H,4,12,19H2,1-3H3. The lowest BCUT2D eigenvalue weighted by Crippen LogP contribution is -2.29. The molecule has 1 unspecified atom stereocenters. The Balaban J connectivity index is 2.17. The molecule has 0 bridgehead atoms. The average molecular weight is 284 g/mol. The van der Waals surface area contributed by atoms with Gasteiger partial charge in [-0.3, -0.25) is 11.3 Å². The Morgan fingerprint density at radius 3 is 2.43 bits per heavy atom. The normalized spacial score (nSPS) is 12.2. The van der Waals surface area contributed by atoms with E-state index >= 15 is 0 Å². The van der Waals surface area contributed by atoms with E-state index in [0.29, 0.717) is 6.61 Å². The zero-order chi connectivity index (χ0) is 15.2. The number of aryl methyl sites for hydroxylation is 2. The number of nitrogens with two attached hydrogens (primary N) is 1. The smallest absolute Gasteiger partial charge is 0.119 e. The van der Waals surface area contributed by atoms with Crippen molar-refractivity contribution in [2.24, 2.45) is 5.84 Å². The fourth-order valence-corrected chi connectivity index (χ4v) is 2.48. The van der Waals surface area contributed by atoms with Crippen LogP contribution in [0.1, 0.15) is 35.2 Å². The number of hydrogen-bond acceptors (Lipinski definition) is 3. The molecule has 3 heteroatoms. The van der Waals surface area contributed by atoms with Crippen molar-refractivity contribution in [3.63, 3.8) is 0 Å².